The van der Waals surface area contributed by atoms with E-state index in [1.165, 1.54) is 24.3 Å². The summed E-state index contributed by atoms with van der Waals surface area (Å²) in [7, 11) is -3.91. The van der Waals surface area contributed by atoms with Gasteiger partial charge in [0.25, 0.3) is 10.0 Å². The Bertz CT molecular complexity index is 1480. The zero-order valence-electron chi connectivity index (χ0n) is 28.0. The van der Waals surface area contributed by atoms with Gasteiger partial charge in [0.05, 0.1) is 10.6 Å². The van der Waals surface area contributed by atoms with Gasteiger partial charge in [0.1, 0.15) is 0 Å². The number of rotatable bonds is 11. The molecule has 2 aromatic rings. The number of carbonyl (C=O) groups is 3. The molecule has 0 aliphatic carbocycles. The number of nitrogens with one attached hydrogen (secondary N) is 6. The summed E-state index contributed by atoms with van der Waals surface area (Å²) < 4.78 is 28.7. The van der Waals surface area contributed by atoms with Gasteiger partial charge in [-0.05, 0) is 113 Å². The second kappa shape index (κ2) is 13.8. The van der Waals surface area contributed by atoms with Gasteiger partial charge >= 0.3 is 11.8 Å². The summed E-state index contributed by atoms with van der Waals surface area (Å²) in [6.07, 6.45) is 2.67. The highest BCUT2D eigenvalue weighted by Crippen LogP contribution is 2.31. The molecule has 1 heterocycles. The number of amides is 3. The second-order valence-electron chi connectivity index (χ2n) is 14.7. The van der Waals surface area contributed by atoms with Gasteiger partial charge in [0.2, 0.25) is 5.91 Å². The maximum Gasteiger partial charge on any atom is 0.327 e. The lowest BCUT2D eigenvalue weighted by molar-refractivity contribution is -0.139. The Hall–Kier alpha value is -3.64. The first kappa shape index (κ1) is 35.8. The van der Waals surface area contributed by atoms with Crippen molar-refractivity contribution in [3.63, 3.8) is 0 Å². The molecular formula is C33H50N6O5S. The topological polar surface area (TPSA) is 158 Å². The maximum atomic E-state index is 13.1. The molecular weight excluding hydrogens is 592 g/mol. The third-order valence-electron chi connectivity index (χ3n) is 7.57. The first-order chi connectivity index (χ1) is 20.7. The minimum absolute atomic E-state index is 0.0548. The molecule has 0 saturated carbocycles. The first-order valence-electron chi connectivity index (χ1n) is 15.3. The number of aryl methyl sites for hydroxylation is 1. The van der Waals surface area contributed by atoms with Crippen LogP contribution in [0.25, 0.3) is 0 Å². The van der Waals surface area contributed by atoms with Crippen molar-refractivity contribution < 1.29 is 22.8 Å². The highest BCUT2D eigenvalue weighted by Gasteiger charge is 2.38. The van der Waals surface area contributed by atoms with Gasteiger partial charge in [0, 0.05) is 34.9 Å². The first-order valence-corrected chi connectivity index (χ1v) is 16.8. The zero-order chi connectivity index (χ0) is 33.8. The van der Waals surface area contributed by atoms with Gasteiger partial charge in [0.15, 0.2) is 0 Å². The lowest BCUT2D eigenvalue weighted by Gasteiger charge is -2.46. The summed E-state index contributed by atoms with van der Waals surface area (Å²) in [6.45, 7) is 18.4. The number of anilines is 3. The van der Waals surface area contributed by atoms with E-state index in [9.17, 15) is 22.8 Å². The van der Waals surface area contributed by atoms with Crippen LogP contribution in [0.1, 0.15) is 86.6 Å². The molecule has 0 atom stereocenters. The fourth-order valence-corrected chi connectivity index (χ4v) is 7.59. The molecule has 45 heavy (non-hydrogen) atoms. The summed E-state index contributed by atoms with van der Waals surface area (Å²) in [5.41, 5.74) is 6.52. The van der Waals surface area contributed by atoms with Crippen LogP contribution < -0.4 is 31.5 Å². The van der Waals surface area contributed by atoms with Crippen LogP contribution in [0.2, 0.25) is 0 Å². The van der Waals surface area contributed by atoms with E-state index in [1.54, 1.807) is 25.1 Å². The Balaban J connectivity index is 1.54. The van der Waals surface area contributed by atoms with Crippen LogP contribution in [0.5, 0.6) is 0 Å². The Kier molecular flexibility index (Phi) is 11.0. The van der Waals surface area contributed by atoms with Gasteiger partial charge in [-0.25, -0.2) is 8.42 Å². The fraction of sp³-hybridized carbons (Fsp3) is 0.545. The van der Waals surface area contributed by atoms with Crippen LogP contribution in [0, 0.1) is 18.3 Å². The molecule has 0 unspecified atom stereocenters. The molecule has 0 spiro atoms. The molecule has 0 aromatic heterocycles. The predicted octanol–water partition coefficient (Wildman–Crippen LogP) is 5.07. The molecule has 6 N–H and O–H groups in total. The van der Waals surface area contributed by atoms with Crippen LogP contribution in [0.15, 0.2) is 47.4 Å². The molecule has 248 valence electrons. The predicted molar refractivity (Wildman–Crippen MR) is 179 cm³/mol. The van der Waals surface area contributed by atoms with Gasteiger partial charge in [-0.3, -0.25) is 30.0 Å². The molecule has 12 heteroatoms. The van der Waals surface area contributed by atoms with Crippen molar-refractivity contribution in [3.8, 4) is 0 Å². The van der Waals surface area contributed by atoms with Crippen molar-refractivity contribution in [1.82, 2.24) is 16.1 Å². The number of sulfonamides is 1. The Morgan fingerprint density at radius 1 is 0.933 bits per heavy atom. The summed E-state index contributed by atoms with van der Waals surface area (Å²) in [5.74, 6) is -1.20. The third-order valence-corrected chi connectivity index (χ3v) is 8.95. The number of benzene rings is 2. The summed E-state index contributed by atoms with van der Waals surface area (Å²) in [6, 6.07) is 10.6. The van der Waals surface area contributed by atoms with Crippen molar-refractivity contribution in [2.24, 2.45) is 11.3 Å². The molecule has 1 aliphatic heterocycles. The molecule has 3 amide bonds. The second-order valence-corrected chi connectivity index (χ2v) is 16.4. The molecule has 1 fully saturated rings. The maximum absolute atomic E-state index is 13.1. The highest BCUT2D eigenvalue weighted by atomic mass is 32.2. The quantitative estimate of drug-likeness (QED) is 0.148. The minimum Gasteiger partial charge on any atom is -0.345 e. The molecule has 11 nitrogen and oxygen atoms in total. The molecule has 0 bridgehead atoms. The van der Waals surface area contributed by atoms with Gasteiger partial charge in [-0.2, -0.15) is 0 Å². The van der Waals surface area contributed by atoms with E-state index < -0.39 is 21.8 Å². The van der Waals surface area contributed by atoms with Gasteiger partial charge in [-0.1, -0.05) is 27.7 Å². The average Bonchev–Trinajstić information content (AvgIpc) is 2.85. The van der Waals surface area contributed by atoms with E-state index >= 15 is 0 Å². The van der Waals surface area contributed by atoms with Crippen LogP contribution in [-0.4, -0.2) is 43.3 Å². The standard InChI is InChI=1S/C33H50N6O5S/c1-21(2)17-31(4,5)20-28(40)35-27-15-14-26(16-22(27)3)45(43,44)38-24-12-10-23(11-13-24)36-37-30(42)29(41)34-25-18-32(6,7)39-33(8,9)19-25/h10-16,21,25,36,38-39H,17-20H2,1-9H3,(H,34,41)(H,35,40)(H,37,42). The molecule has 1 saturated heterocycles. The Labute approximate surface area is 268 Å². The van der Waals surface area contributed by atoms with E-state index in [0.29, 0.717) is 47.8 Å². The smallest absolute Gasteiger partial charge is 0.327 e. The van der Waals surface area contributed by atoms with E-state index in [4.69, 9.17) is 0 Å². The highest BCUT2D eigenvalue weighted by molar-refractivity contribution is 7.92. The Morgan fingerprint density at radius 3 is 2.07 bits per heavy atom. The monoisotopic (exact) mass is 642 g/mol. The number of hydrogen-bond acceptors (Lipinski definition) is 7. The summed E-state index contributed by atoms with van der Waals surface area (Å²) >= 11 is 0. The van der Waals surface area contributed by atoms with Crippen molar-refractivity contribution in [2.45, 2.75) is 110 Å². The van der Waals surface area contributed by atoms with Gasteiger partial charge in [-0.15, -0.1) is 0 Å². The van der Waals surface area contributed by atoms with Crippen molar-refractivity contribution >= 4 is 44.8 Å². The zero-order valence-corrected chi connectivity index (χ0v) is 28.8. The third kappa shape index (κ3) is 11.0. The van der Waals surface area contributed by atoms with Crippen molar-refractivity contribution in [3.05, 3.63) is 48.0 Å². The van der Waals surface area contributed by atoms with Crippen molar-refractivity contribution in [2.75, 3.05) is 15.5 Å². The summed E-state index contributed by atoms with van der Waals surface area (Å²) in [5, 5.41) is 9.27. The van der Waals surface area contributed by atoms with Gasteiger partial charge < -0.3 is 16.0 Å². The fourth-order valence-electron chi connectivity index (χ4n) is 6.45. The lowest BCUT2D eigenvalue weighted by atomic mass is 9.79. The van der Waals surface area contributed by atoms with Crippen LogP contribution >= 0.6 is 0 Å². The molecule has 3 rings (SSSR count). The number of hydrogen-bond donors (Lipinski definition) is 6. The molecule has 0 radical (unpaired) electrons. The minimum atomic E-state index is -3.91. The largest absolute Gasteiger partial charge is 0.345 e. The van der Waals surface area contributed by atoms with Crippen LogP contribution in [0.3, 0.4) is 0 Å². The van der Waals surface area contributed by atoms with E-state index in [1.807, 2.05) is 0 Å². The summed E-state index contributed by atoms with van der Waals surface area (Å²) in [4.78, 5) is 37.6. The number of piperidine rings is 1. The SMILES string of the molecule is Cc1cc(S(=O)(=O)Nc2ccc(NNC(=O)C(=O)NC3CC(C)(C)NC(C)(C)C3)cc2)ccc1NC(=O)CC(C)(C)CC(C)C. The molecule has 1 aliphatic rings. The average molecular weight is 643 g/mol. The lowest BCUT2D eigenvalue weighted by Crippen LogP contribution is -2.63. The normalized spacial score (nSPS) is 16.5. The van der Waals surface area contributed by atoms with Crippen LogP contribution in [-0.2, 0) is 24.4 Å². The molecule has 2 aromatic carbocycles. The van der Waals surface area contributed by atoms with Crippen molar-refractivity contribution in [1.29, 1.82) is 0 Å². The van der Waals surface area contributed by atoms with Crippen LogP contribution in [0.4, 0.5) is 17.1 Å². The van der Waals surface area contributed by atoms with E-state index in [-0.39, 0.29) is 33.3 Å². The van der Waals surface area contributed by atoms with E-state index in [0.717, 1.165) is 6.42 Å². The number of hydrazine groups is 1. The number of carbonyl (C=O) groups excluding carboxylic acids is 3. The Morgan fingerprint density at radius 2 is 1.51 bits per heavy atom. The van der Waals surface area contributed by atoms with E-state index in [2.05, 4.69) is 86.9 Å².